The first kappa shape index (κ1) is 22.0. The smallest absolute Gasteiger partial charge is 0.224 e. The number of ether oxygens (including phenoxy) is 1. The van der Waals surface area contributed by atoms with Crippen molar-refractivity contribution < 1.29 is 9.53 Å². The molecule has 1 aromatic heterocycles. The van der Waals surface area contributed by atoms with E-state index in [0.717, 1.165) is 49.5 Å². The molecule has 0 spiro atoms. The van der Waals surface area contributed by atoms with Crippen molar-refractivity contribution in [1.82, 2.24) is 15.2 Å². The number of carbonyl (C=O) groups excluding carboxylic acids is 1. The largest absolute Gasteiger partial charge is 0.497 e. The van der Waals surface area contributed by atoms with Gasteiger partial charge in [-0.05, 0) is 67.2 Å². The summed E-state index contributed by atoms with van der Waals surface area (Å²) in [7, 11) is 1.69. The molecule has 32 heavy (non-hydrogen) atoms. The second-order valence-corrected chi connectivity index (χ2v) is 8.42. The van der Waals surface area contributed by atoms with Crippen molar-refractivity contribution in [3.05, 3.63) is 95.8 Å². The van der Waals surface area contributed by atoms with Gasteiger partial charge in [-0.15, -0.1) is 0 Å². The van der Waals surface area contributed by atoms with E-state index in [2.05, 4.69) is 27.3 Å². The molecule has 2 heterocycles. The molecule has 1 atom stereocenters. The molecule has 5 nitrogen and oxygen atoms in total. The van der Waals surface area contributed by atoms with Crippen LogP contribution in [0.15, 0.2) is 79.0 Å². The maximum atomic E-state index is 12.8. The van der Waals surface area contributed by atoms with Crippen LogP contribution in [0.4, 0.5) is 0 Å². The predicted molar refractivity (Wildman–Crippen MR) is 126 cm³/mol. The molecule has 0 unspecified atom stereocenters. The number of pyridine rings is 1. The summed E-state index contributed by atoms with van der Waals surface area (Å²) in [5.74, 6) is 1.31. The maximum Gasteiger partial charge on any atom is 0.224 e. The van der Waals surface area contributed by atoms with Crippen LogP contribution in [0.25, 0.3) is 0 Å². The van der Waals surface area contributed by atoms with Crippen LogP contribution in [-0.2, 0) is 17.8 Å². The number of benzene rings is 2. The summed E-state index contributed by atoms with van der Waals surface area (Å²) >= 11 is 0. The quantitative estimate of drug-likeness (QED) is 0.577. The Morgan fingerprint density at radius 1 is 1.00 bits per heavy atom. The van der Waals surface area contributed by atoms with E-state index in [0.29, 0.717) is 12.3 Å². The molecule has 166 valence electrons. The number of hydrogen-bond donors (Lipinski definition) is 1. The van der Waals surface area contributed by atoms with Crippen LogP contribution < -0.4 is 10.1 Å². The van der Waals surface area contributed by atoms with E-state index in [4.69, 9.17) is 4.74 Å². The lowest BCUT2D eigenvalue weighted by Gasteiger charge is -2.36. The lowest BCUT2D eigenvalue weighted by Crippen LogP contribution is -2.41. The Labute approximate surface area is 190 Å². The molecule has 5 heteroatoms. The van der Waals surface area contributed by atoms with Crippen LogP contribution >= 0.6 is 0 Å². The fraction of sp³-hybridized carbons (Fsp3) is 0.333. The second-order valence-electron chi connectivity index (χ2n) is 8.42. The van der Waals surface area contributed by atoms with Gasteiger partial charge in [-0.3, -0.25) is 14.7 Å². The topological polar surface area (TPSA) is 54.5 Å². The van der Waals surface area contributed by atoms with E-state index < -0.39 is 0 Å². The van der Waals surface area contributed by atoms with Crippen molar-refractivity contribution in [2.45, 2.75) is 31.8 Å². The van der Waals surface area contributed by atoms with Crippen molar-refractivity contribution in [1.29, 1.82) is 0 Å². The van der Waals surface area contributed by atoms with Crippen molar-refractivity contribution in [3.8, 4) is 5.75 Å². The zero-order chi connectivity index (χ0) is 22.2. The highest BCUT2D eigenvalue weighted by molar-refractivity contribution is 5.79. The monoisotopic (exact) mass is 429 g/mol. The molecule has 1 N–H and O–H groups in total. The molecule has 1 aliphatic rings. The third kappa shape index (κ3) is 5.95. The molecule has 0 aliphatic carbocycles. The highest BCUT2D eigenvalue weighted by atomic mass is 16.5. The number of hydrogen-bond acceptors (Lipinski definition) is 4. The van der Waals surface area contributed by atoms with Crippen molar-refractivity contribution in [3.63, 3.8) is 0 Å². The van der Waals surface area contributed by atoms with E-state index in [1.165, 1.54) is 5.56 Å². The van der Waals surface area contributed by atoms with Gasteiger partial charge in [0.1, 0.15) is 5.75 Å². The van der Waals surface area contributed by atoms with Crippen molar-refractivity contribution in [2.24, 2.45) is 5.92 Å². The number of amides is 1. The number of likely N-dealkylation sites (tertiary alicyclic amines) is 1. The summed E-state index contributed by atoms with van der Waals surface area (Å²) in [6.45, 7) is 2.95. The molecule has 1 fully saturated rings. The first-order chi connectivity index (χ1) is 15.7. The van der Waals surface area contributed by atoms with E-state index >= 15 is 0 Å². The number of rotatable bonds is 8. The van der Waals surface area contributed by atoms with E-state index in [-0.39, 0.29) is 11.9 Å². The SMILES string of the molecule is COc1ccc(CN2CCC([C@H](NC(=O)Cc3ccccc3)c3ccccn3)CC2)cc1. The lowest BCUT2D eigenvalue weighted by molar-refractivity contribution is -0.121. The van der Waals surface area contributed by atoms with Crippen LogP contribution in [-0.4, -0.2) is 36.0 Å². The van der Waals surface area contributed by atoms with Gasteiger partial charge in [-0.2, -0.15) is 0 Å². The Morgan fingerprint density at radius 3 is 2.38 bits per heavy atom. The molecule has 1 amide bonds. The van der Waals surface area contributed by atoms with Gasteiger partial charge in [-0.25, -0.2) is 0 Å². The summed E-state index contributed by atoms with van der Waals surface area (Å²) in [6, 6.07) is 24.1. The van der Waals surface area contributed by atoms with Crippen LogP contribution in [0.2, 0.25) is 0 Å². The molecule has 1 aliphatic heterocycles. The maximum absolute atomic E-state index is 12.8. The first-order valence-electron chi connectivity index (χ1n) is 11.3. The summed E-state index contributed by atoms with van der Waals surface area (Å²) in [5.41, 5.74) is 3.27. The van der Waals surface area contributed by atoms with Crippen LogP contribution in [0.1, 0.15) is 35.7 Å². The fourth-order valence-corrected chi connectivity index (χ4v) is 4.43. The van der Waals surface area contributed by atoms with E-state index in [9.17, 15) is 4.79 Å². The van der Waals surface area contributed by atoms with Gasteiger partial charge < -0.3 is 10.1 Å². The van der Waals surface area contributed by atoms with Gasteiger partial charge in [0.15, 0.2) is 0 Å². The molecule has 0 saturated carbocycles. The highest BCUT2D eigenvalue weighted by Gasteiger charge is 2.29. The second kappa shape index (κ2) is 10.9. The summed E-state index contributed by atoms with van der Waals surface area (Å²) in [6.07, 6.45) is 4.26. The molecular weight excluding hydrogens is 398 g/mol. The number of piperidine rings is 1. The zero-order valence-electron chi connectivity index (χ0n) is 18.6. The molecule has 2 aromatic carbocycles. The molecular formula is C27H31N3O2. The normalized spacial score (nSPS) is 15.8. The predicted octanol–water partition coefficient (Wildman–Crippen LogP) is 4.40. The van der Waals surface area contributed by atoms with E-state index in [1.54, 1.807) is 7.11 Å². The third-order valence-corrected chi connectivity index (χ3v) is 6.20. The summed E-state index contributed by atoms with van der Waals surface area (Å²) in [5, 5.41) is 3.29. The van der Waals surface area contributed by atoms with Crippen LogP contribution in [0, 0.1) is 5.92 Å². The summed E-state index contributed by atoms with van der Waals surface area (Å²) in [4.78, 5) is 19.9. The Balaban J connectivity index is 1.38. The average molecular weight is 430 g/mol. The zero-order valence-corrected chi connectivity index (χ0v) is 18.6. The highest BCUT2D eigenvalue weighted by Crippen LogP contribution is 2.30. The van der Waals surface area contributed by atoms with Crippen LogP contribution in [0.3, 0.4) is 0 Å². The Morgan fingerprint density at radius 2 is 1.72 bits per heavy atom. The lowest BCUT2D eigenvalue weighted by atomic mass is 9.87. The standard InChI is InChI=1S/C27H31N3O2/c1-32-24-12-10-22(11-13-24)20-30-17-14-23(15-18-30)27(25-9-5-6-16-28-25)29-26(31)19-21-7-3-2-4-8-21/h2-13,16,23,27H,14-15,17-20H2,1H3,(H,29,31)/t27-/m0/s1. The van der Waals surface area contributed by atoms with Gasteiger partial charge in [-0.1, -0.05) is 48.5 Å². The van der Waals surface area contributed by atoms with Crippen molar-refractivity contribution in [2.75, 3.05) is 20.2 Å². The van der Waals surface area contributed by atoms with E-state index in [1.807, 2.05) is 66.9 Å². The molecule has 0 bridgehead atoms. The summed E-state index contributed by atoms with van der Waals surface area (Å²) < 4.78 is 5.26. The number of methoxy groups -OCH3 is 1. The molecule has 4 rings (SSSR count). The Kier molecular flexibility index (Phi) is 7.51. The van der Waals surface area contributed by atoms with Crippen LogP contribution in [0.5, 0.6) is 5.75 Å². The molecule has 1 saturated heterocycles. The number of nitrogens with one attached hydrogen (secondary N) is 1. The Hall–Kier alpha value is -3.18. The average Bonchev–Trinajstić information content (AvgIpc) is 2.85. The molecule has 0 radical (unpaired) electrons. The van der Waals surface area contributed by atoms with Gasteiger partial charge in [0.25, 0.3) is 0 Å². The minimum atomic E-state index is -0.0597. The van der Waals surface area contributed by atoms with Gasteiger partial charge in [0.05, 0.1) is 25.3 Å². The molecule has 3 aromatic rings. The van der Waals surface area contributed by atoms with Gasteiger partial charge >= 0.3 is 0 Å². The van der Waals surface area contributed by atoms with Crippen molar-refractivity contribution >= 4 is 5.91 Å². The first-order valence-corrected chi connectivity index (χ1v) is 11.3. The number of nitrogens with zero attached hydrogens (tertiary/aromatic N) is 2. The van der Waals surface area contributed by atoms with Gasteiger partial charge in [0, 0.05) is 12.7 Å². The minimum absolute atomic E-state index is 0.0486. The minimum Gasteiger partial charge on any atom is -0.497 e. The number of aromatic nitrogens is 1. The number of carbonyl (C=O) groups is 1. The third-order valence-electron chi connectivity index (χ3n) is 6.20. The van der Waals surface area contributed by atoms with Gasteiger partial charge in [0.2, 0.25) is 5.91 Å². The Bertz CT molecular complexity index is 969. The fourth-order valence-electron chi connectivity index (χ4n) is 4.43.